The Morgan fingerprint density at radius 2 is 2.11 bits per heavy atom. The third-order valence-corrected chi connectivity index (χ3v) is 3.12. The summed E-state index contributed by atoms with van der Waals surface area (Å²) in [6.45, 7) is 4.22. The van der Waals surface area contributed by atoms with Crippen molar-refractivity contribution < 1.29 is 4.74 Å². The van der Waals surface area contributed by atoms with Gasteiger partial charge in [-0.25, -0.2) is 0 Å². The van der Waals surface area contributed by atoms with Crippen molar-refractivity contribution in [1.82, 2.24) is 4.98 Å². The number of rotatable bonds is 3. The van der Waals surface area contributed by atoms with E-state index in [0.29, 0.717) is 27.6 Å². The zero-order chi connectivity index (χ0) is 13.3. The Balaban J connectivity index is 2.73. The topological polar surface area (TPSA) is 42.1 Å². The van der Waals surface area contributed by atoms with Crippen LogP contribution in [0, 0.1) is 5.92 Å². The number of hydrogen-bond acceptors (Lipinski definition) is 2. The highest BCUT2D eigenvalue weighted by Crippen LogP contribution is 2.28. The van der Waals surface area contributed by atoms with Crippen LogP contribution in [0.25, 0.3) is 10.9 Å². The minimum absolute atomic E-state index is 0.0664. The lowest BCUT2D eigenvalue weighted by Crippen LogP contribution is -2.08. The molecule has 3 nitrogen and oxygen atoms in total. The normalized spacial score (nSPS) is 11.2. The van der Waals surface area contributed by atoms with E-state index in [4.69, 9.17) is 16.3 Å². The first kappa shape index (κ1) is 13.0. The summed E-state index contributed by atoms with van der Waals surface area (Å²) in [5.41, 5.74) is 1.51. The average molecular weight is 266 g/mol. The minimum atomic E-state index is -0.0664. The van der Waals surface area contributed by atoms with Gasteiger partial charge in [0, 0.05) is 11.8 Å². The Bertz CT molecular complexity index is 631. The van der Waals surface area contributed by atoms with Gasteiger partial charge in [0.1, 0.15) is 5.75 Å². The predicted octanol–water partition coefficient (Wildman–Crippen LogP) is 3.39. The van der Waals surface area contributed by atoms with Crippen LogP contribution in [0.15, 0.2) is 23.0 Å². The van der Waals surface area contributed by atoms with Crippen molar-refractivity contribution in [2.24, 2.45) is 5.92 Å². The molecule has 2 aromatic rings. The summed E-state index contributed by atoms with van der Waals surface area (Å²) in [5.74, 6) is 1.11. The van der Waals surface area contributed by atoms with E-state index in [0.717, 1.165) is 12.1 Å². The summed E-state index contributed by atoms with van der Waals surface area (Å²) in [6, 6.07) is 5.06. The maximum atomic E-state index is 12.1. The average Bonchev–Trinajstić information content (AvgIpc) is 2.28. The summed E-state index contributed by atoms with van der Waals surface area (Å²) < 4.78 is 5.27. The molecule has 0 amide bonds. The Morgan fingerprint density at radius 1 is 1.39 bits per heavy atom. The van der Waals surface area contributed by atoms with Crippen molar-refractivity contribution in [2.45, 2.75) is 20.3 Å². The predicted molar refractivity (Wildman–Crippen MR) is 74.7 cm³/mol. The van der Waals surface area contributed by atoms with Crippen LogP contribution in [0.4, 0.5) is 0 Å². The van der Waals surface area contributed by atoms with E-state index in [1.165, 1.54) is 0 Å². The standard InChI is InChI=1S/C14H16ClNO2/c1-8(2)6-9-7-11(17)13-10(15)4-5-12(18-3)14(13)16-9/h4-5,7-8H,6H2,1-3H3,(H,16,17). The van der Waals surface area contributed by atoms with Crippen LogP contribution in [0.2, 0.25) is 5.02 Å². The molecule has 0 bridgehead atoms. The van der Waals surface area contributed by atoms with Crippen molar-refractivity contribution in [3.63, 3.8) is 0 Å². The van der Waals surface area contributed by atoms with Crippen LogP contribution in [-0.4, -0.2) is 12.1 Å². The van der Waals surface area contributed by atoms with E-state index in [1.54, 1.807) is 25.3 Å². The number of aromatic nitrogens is 1. The summed E-state index contributed by atoms with van der Waals surface area (Å²) in [5, 5.41) is 0.937. The Hall–Kier alpha value is -1.48. The molecule has 0 unspecified atom stereocenters. The molecule has 0 atom stereocenters. The fraction of sp³-hybridized carbons (Fsp3) is 0.357. The van der Waals surface area contributed by atoms with Crippen molar-refractivity contribution in [1.29, 1.82) is 0 Å². The van der Waals surface area contributed by atoms with Crippen molar-refractivity contribution in [2.75, 3.05) is 7.11 Å². The molecule has 2 rings (SSSR count). The monoisotopic (exact) mass is 265 g/mol. The molecular weight excluding hydrogens is 250 g/mol. The quantitative estimate of drug-likeness (QED) is 0.924. The van der Waals surface area contributed by atoms with Crippen LogP contribution in [0.1, 0.15) is 19.5 Å². The third-order valence-electron chi connectivity index (χ3n) is 2.80. The van der Waals surface area contributed by atoms with Gasteiger partial charge in [0.2, 0.25) is 0 Å². The van der Waals surface area contributed by atoms with Gasteiger partial charge in [-0.2, -0.15) is 0 Å². The van der Waals surface area contributed by atoms with Gasteiger partial charge in [-0.3, -0.25) is 4.79 Å². The molecule has 18 heavy (non-hydrogen) atoms. The van der Waals surface area contributed by atoms with E-state index in [9.17, 15) is 4.79 Å². The molecule has 1 aromatic heterocycles. The van der Waals surface area contributed by atoms with Crippen molar-refractivity contribution in [3.8, 4) is 5.75 Å². The van der Waals surface area contributed by atoms with Crippen LogP contribution in [-0.2, 0) is 6.42 Å². The maximum absolute atomic E-state index is 12.1. The molecule has 1 heterocycles. The second kappa shape index (κ2) is 5.02. The number of methoxy groups -OCH3 is 1. The van der Waals surface area contributed by atoms with Crippen LogP contribution in [0.3, 0.4) is 0 Å². The molecule has 1 aromatic carbocycles. The lowest BCUT2D eigenvalue weighted by Gasteiger charge is -2.10. The molecule has 0 spiro atoms. The molecule has 1 N–H and O–H groups in total. The highest BCUT2D eigenvalue weighted by molar-refractivity contribution is 6.35. The van der Waals surface area contributed by atoms with E-state index in [1.807, 2.05) is 0 Å². The van der Waals surface area contributed by atoms with Crippen molar-refractivity contribution >= 4 is 22.5 Å². The van der Waals surface area contributed by atoms with Crippen LogP contribution in [0.5, 0.6) is 5.75 Å². The number of nitrogens with one attached hydrogen (secondary N) is 1. The molecule has 0 saturated heterocycles. The van der Waals surface area contributed by atoms with E-state index in [-0.39, 0.29) is 5.43 Å². The third kappa shape index (κ3) is 2.36. The number of benzene rings is 1. The molecular formula is C14H16ClNO2. The molecule has 0 fully saturated rings. The minimum Gasteiger partial charge on any atom is -0.495 e. The van der Waals surface area contributed by atoms with Gasteiger partial charge in [0.25, 0.3) is 0 Å². The molecule has 0 radical (unpaired) electrons. The summed E-state index contributed by atoms with van der Waals surface area (Å²) in [6.07, 6.45) is 0.820. The lowest BCUT2D eigenvalue weighted by molar-refractivity contribution is 0.418. The first-order valence-corrected chi connectivity index (χ1v) is 6.29. The highest BCUT2D eigenvalue weighted by Gasteiger charge is 2.11. The second-order valence-electron chi connectivity index (χ2n) is 4.76. The number of fused-ring (bicyclic) bond motifs is 1. The smallest absolute Gasteiger partial charge is 0.191 e. The largest absolute Gasteiger partial charge is 0.495 e. The van der Waals surface area contributed by atoms with E-state index >= 15 is 0 Å². The second-order valence-corrected chi connectivity index (χ2v) is 5.16. The number of halogens is 1. The number of ether oxygens (including phenoxy) is 1. The highest BCUT2D eigenvalue weighted by atomic mass is 35.5. The summed E-state index contributed by atoms with van der Waals surface area (Å²) in [7, 11) is 1.58. The molecule has 0 aliphatic carbocycles. The van der Waals surface area contributed by atoms with Gasteiger partial charge < -0.3 is 9.72 Å². The summed E-state index contributed by atoms with van der Waals surface area (Å²) in [4.78, 5) is 15.4. The lowest BCUT2D eigenvalue weighted by atomic mass is 10.1. The van der Waals surface area contributed by atoms with E-state index < -0.39 is 0 Å². The molecule has 0 aliphatic rings. The first-order valence-electron chi connectivity index (χ1n) is 5.91. The molecule has 4 heteroatoms. The van der Waals surface area contributed by atoms with Gasteiger partial charge >= 0.3 is 0 Å². The van der Waals surface area contributed by atoms with Gasteiger partial charge in [-0.05, 0) is 24.5 Å². The number of H-pyrrole nitrogens is 1. The Labute approximate surface area is 111 Å². The molecule has 96 valence electrons. The zero-order valence-corrected chi connectivity index (χ0v) is 11.5. The van der Waals surface area contributed by atoms with Crippen LogP contribution >= 0.6 is 11.6 Å². The number of aromatic amines is 1. The zero-order valence-electron chi connectivity index (χ0n) is 10.7. The maximum Gasteiger partial charge on any atom is 0.191 e. The SMILES string of the molecule is COc1ccc(Cl)c2c(=O)cc(CC(C)C)[nH]c12. The first-order chi connectivity index (χ1) is 8.52. The van der Waals surface area contributed by atoms with Gasteiger partial charge in [-0.15, -0.1) is 0 Å². The number of pyridine rings is 1. The van der Waals surface area contributed by atoms with Gasteiger partial charge in [0.15, 0.2) is 5.43 Å². The number of hydrogen-bond donors (Lipinski definition) is 1. The van der Waals surface area contributed by atoms with E-state index in [2.05, 4.69) is 18.8 Å². The fourth-order valence-corrected chi connectivity index (χ4v) is 2.32. The van der Waals surface area contributed by atoms with Crippen LogP contribution < -0.4 is 10.2 Å². The van der Waals surface area contributed by atoms with Gasteiger partial charge in [-0.1, -0.05) is 25.4 Å². The Kier molecular flexibility index (Phi) is 3.62. The summed E-state index contributed by atoms with van der Waals surface area (Å²) >= 11 is 6.07. The van der Waals surface area contributed by atoms with Gasteiger partial charge in [0.05, 0.1) is 23.0 Å². The fourth-order valence-electron chi connectivity index (χ4n) is 2.07. The molecule has 0 saturated carbocycles. The van der Waals surface area contributed by atoms with Crippen molar-refractivity contribution in [3.05, 3.63) is 39.1 Å². The Morgan fingerprint density at radius 3 is 2.72 bits per heavy atom. The molecule has 0 aliphatic heterocycles.